The van der Waals surface area contributed by atoms with E-state index in [1.807, 2.05) is 80.1 Å². The van der Waals surface area contributed by atoms with Crippen molar-refractivity contribution in [2.75, 3.05) is 0 Å². The van der Waals surface area contributed by atoms with Gasteiger partial charge in [-0.05, 0) is 58.4 Å². The lowest BCUT2D eigenvalue weighted by Crippen LogP contribution is -2.40. The van der Waals surface area contributed by atoms with Gasteiger partial charge in [0.05, 0.1) is 11.4 Å². The van der Waals surface area contributed by atoms with Crippen molar-refractivity contribution in [2.45, 2.75) is 40.2 Å². The number of benzene rings is 2. The predicted octanol–water partition coefficient (Wildman–Crippen LogP) is 4.68. The summed E-state index contributed by atoms with van der Waals surface area (Å²) >= 11 is 0. The maximum Gasteiger partial charge on any atom is 0.252 e. The molecular formula is C22H25N3O. The summed E-state index contributed by atoms with van der Waals surface area (Å²) in [7, 11) is 0. The monoisotopic (exact) mass is 347 g/mol. The molecule has 0 aliphatic rings. The molecule has 3 rings (SSSR count). The van der Waals surface area contributed by atoms with Gasteiger partial charge in [-0.25, -0.2) is 4.68 Å². The second-order valence-electron chi connectivity index (χ2n) is 7.56. The molecule has 0 aliphatic carbocycles. The third kappa shape index (κ3) is 3.54. The number of hydrogen-bond donors (Lipinski definition) is 1. The van der Waals surface area contributed by atoms with Crippen LogP contribution in [0.1, 0.15) is 42.4 Å². The van der Waals surface area contributed by atoms with Gasteiger partial charge < -0.3 is 5.32 Å². The zero-order valence-corrected chi connectivity index (χ0v) is 16.0. The average molecular weight is 347 g/mol. The van der Waals surface area contributed by atoms with Gasteiger partial charge in [-0.3, -0.25) is 4.79 Å². The maximum absolute atomic E-state index is 12.8. The van der Waals surface area contributed by atoms with Crippen LogP contribution in [-0.4, -0.2) is 21.2 Å². The lowest BCUT2D eigenvalue weighted by atomic mass is 9.99. The Kier molecular flexibility index (Phi) is 4.68. The molecular weight excluding hydrogens is 322 g/mol. The van der Waals surface area contributed by atoms with E-state index >= 15 is 0 Å². The van der Waals surface area contributed by atoms with E-state index in [4.69, 9.17) is 5.10 Å². The quantitative estimate of drug-likeness (QED) is 0.747. The van der Waals surface area contributed by atoms with Gasteiger partial charge in [-0.15, -0.1) is 0 Å². The minimum Gasteiger partial charge on any atom is -0.347 e. The summed E-state index contributed by atoms with van der Waals surface area (Å²) in [6.45, 7) is 10.0. The first-order chi connectivity index (χ1) is 12.3. The summed E-state index contributed by atoms with van der Waals surface area (Å²) < 4.78 is 1.93. The highest BCUT2D eigenvalue weighted by atomic mass is 16.1. The molecule has 1 N–H and O–H groups in total. The molecule has 0 spiro atoms. The molecule has 0 saturated carbocycles. The van der Waals surface area contributed by atoms with Crippen LogP contribution in [0.15, 0.2) is 54.6 Å². The number of hydrogen-bond acceptors (Lipinski definition) is 2. The zero-order chi connectivity index (χ0) is 18.9. The van der Waals surface area contributed by atoms with E-state index in [9.17, 15) is 4.79 Å². The van der Waals surface area contributed by atoms with E-state index in [1.165, 1.54) is 0 Å². The standard InChI is InChI=1S/C22H25N3O/c1-15-16(2)25(17-11-7-6-8-12-17)24-20(15)18-13-9-10-14-19(18)21(26)23-22(3,4)5/h6-14H,1-5H3,(H,23,26). The Balaban J connectivity index is 2.10. The Morgan fingerprint density at radius 3 is 2.23 bits per heavy atom. The van der Waals surface area contributed by atoms with Crippen molar-refractivity contribution < 1.29 is 4.79 Å². The van der Waals surface area contributed by atoms with Crippen LogP contribution in [-0.2, 0) is 0 Å². The van der Waals surface area contributed by atoms with Gasteiger partial charge >= 0.3 is 0 Å². The highest BCUT2D eigenvalue weighted by Gasteiger charge is 2.21. The lowest BCUT2D eigenvalue weighted by molar-refractivity contribution is 0.0920. The molecule has 0 saturated heterocycles. The molecule has 0 radical (unpaired) electrons. The first-order valence-electron chi connectivity index (χ1n) is 8.81. The minimum absolute atomic E-state index is 0.0839. The topological polar surface area (TPSA) is 46.9 Å². The van der Waals surface area contributed by atoms with Crippen LogP contribution < -0.4 is 5.32 Å². The molecule has 1 aromatic heterocycles. The van der Waals surface area contributed by atoms with Crippen molar-refractivity contribution in [1.29, 1.82) is 0 Å². The van der Waals surface area contributed by atoms with Gasteiger partial charge in [-0.2, -0.15) is 5.10 Å². The van der Waals surface area contributed by atoms with E-state index in [2.05, 4.69) is 19.2 Å². The molecule has 2 aromatic carbocycles. The molecule has 0 bridgehead atoms. The van der Waals surface area contributed by atoms with Gasteiger partial charge in [0, 0.05) is 22.4 Å². The summed E-state index contributed by atoms with van der Waals surface area (Å²) in [5.74, 6) is -0.0839. The summed E-state index contributed by atoms with van der Waals surface area (Å²) in [6, 6.07) is 17.7. The molecule has 0 atom stereocenters. The molecule has 0 unspecified atom stereocenters. The van der Waals surface area contributed by atoms with E-state index in [1.54, 1.807) is 0 Å². The molecule has 0 aliphatic heterocycles. The van der Waals surface area contributed by atoms with E-state index < -0.39 is 0 Å². The Hall–Kier alpha value is -2.88. The third-order valence-electron chi connectivity index (χ3n) is 4.33. The molecule has 3 aromatic rings. The average Bonchev–Trinajstić information content (AvgIpc) is 2.90. The van der Waals surface area contributed by atoms with Crippen molar-refractivity contribution >= 4 is 5.91 Å². The van der Waals surface area contributed by atoms with E-state index in [-0.39, 0.29) is 11.4 Å². The van der Waals surface area contributed by atoms with Gasteiger partial charge in [0.1, 0.15) is 0 Å². The van der Waals surface area contributed by atoms with Gasteiger partial charge in [0.25, 0.3) is 5.91 Å². The molecule has 0 fully saturated rings. The molecule has 4 heteroatoms. The highest BCUT2D eigenvalue weighted by molar-refractivity contribution is 6.01. The van der Waals surface area contributed by atoms with Crippen molar-refractivity contribution in [3.8, 4) is 16.9 Å². The Morgan fingerprint density at radius 1 is 0.962 bits per heavy atom. The van der Waals surface area contributed by atoms with Crippen molar-refractivity contribution in [1.82, 2.24) is 15.1 Å². The van der Waals surface area contributed by atoms with Crippen LogP contribution in [0.2, 0.25) is 0 Å². The smallest absolute Gasteiger partial charge is 0.252 e. The van der Waals surface area contributed by atoms with Gasteiger partial charge in [-0.1, -0.05) is 36.4 Å². The summed E-state index contributed by atoms with van der Waals surface area (Å²) in [4.78, 5) is 12.8. The second-order valence-corrected chi connectivity index (χ2v) is 7.56. The fraction of sp³-hybridized carbons (Fsp3) is 0.273. The number of nitrogens with one attached hydrogen (secondary N) is 1. The summed E-state index contributed by atoms with van der Waals surface area (Å²) in [5, 5.41) is 7.87. The SMILES string of the molecule is Cc1c(-c2ccccc2C(=O)NC(C)(C)C)nn(-c2ccccc2)c1C. The minimum atomic E-state index is -0.293. The van der Waals surface area contributed by atoms with Crippen molar-refractivity contribution in [3.63, 3.8) is 0 Å². The van der Waals surface area contributed by atoms with Crippen LogP contribution in [0.5, 0.6) is 0 Å². The Morgan fingerprint density at radius 2 is 1.58 bits per heavy atom. The number of aromatic nitrogens is 2. The first-order valence-corrected chi connectivity index (χ1v) is 8.81. The highest BCUT2D eigenvalue weighted by Crippen LogP contribution is 2.29. The number of carbonyl (C=O) groups excluding carboxylic acids is 1. The number of carbonyl (C=O) groups is 1. The fourth-order valence-electron chi connectivity index (χ4n) is 2.95. The predicted molar refractivity (Wildman–Crippen MR) is 106 cm³/mol. The van der Waals surface area contributed by atoms with Gasteiger partial charge in [0.2, 0.25) is 0 Å². The Labute approximate surface area is 154 Å². The van der Waals surface area contributed by atoms with Crippen LogP contribution in [0.3, 0.4) is 0 Å². The van der Waals surface area contributed by atoms with Crippen LogP contribution in [0, 0.1) is 13.8 Å². The zero-order valence-electron chi connectivity index (χ0n) is 16.0. The number of para-hydroxylation sites is 1. The normalized spacial score (nSPS) is 11.4. The molecule has 1 amide bonds. The summed E-state index contributed by atoms with van der Waals surface area (Å²) in [5.41, 5.74) is 5.19. The maximum atomic E-state index is 12.8. The molecule has 4 nitrogen and oxygen atoms in total. The molecule has 134 valence electrons. The summed E-state index contributed by atoms with van der Waals surface area (Å²) in [6.07, 6.45) is 0. The van der Waals surface area contributed by atoms with Crippen LogP contribution in [0.4, 0.5) is 0 Å². The Bertz CT molecular complexity index is 934. The van der Waals surface area contributed by atoms with Crippen molar-refractivity contribution in [2.24, 2.45) is 0 Å². The van der Waals surface area contributed by atoms with Crippen LogP contribution in [0.25, 0.3) is 16.9 Å². The first kappa shape index (κ1) is 17.9. The molecule has 26 heavy (non-hydrogen) atoms. The van der Waals surface area contributed by atoms with E-state index in [0.29, 0.717) is 5.56 Å². The number of rotatable bonds is 3. The molecule has 1 heterocycles. The largest absolute Gasteiger partial charge is 0.347 e. The second kappa shape index (κ2) is 6.79. The number of nitrogens with zero attached hydrogens (tertiary/aromatic N) is 2. The van der Waals surface area contributed by atoms with Gasteiger partial charge in [0.15, 0.2) is 0 Å². The van der Waals surface area contributed by atoms with Crippen molar-refractivity contribution in [3.05, 3.63) is 71.4 Å². The van der Waals surface area contributed by atoms with Crippen LogP contribution >= 0.6 is 0 Å². The number of amides is 1. The lowest BCUT2D eigenvalue weighted by Gasteiger charge is -2.21. The fourth-order valence-corrected chi connectivity index (χ4v) is 2.95. The third-order valence-corrected chi connectivity index (χ3v) is 4.33. The van der Waals surface area contributed by atoms with E-state index in [0.717, 1.165) is 28.2 Å².